The molecule has 196 valence electrons. The van der Waals surface area contributed by atoms with Gasteiger partial charge >= 0.3 is 0 Å². The number of aromatic hydroxyl groups is 1. The summed E-state index contributed by atoms with van der Waals surface area (Å²) in [7, 11) is 0. The summed E-state index contributed by atoms with van der Waals surface area (Å²) in [5.74, 6) is 2.28. The van der Waals surface area contributed by atoms with Crippen molar-refractivity contribution in [1.82, 2.24) is 4.90 Å². The quantitative estimate of drug-likeness (QED) is 0.413. The van der Waals surface area contributed by atoms with Gasteiger partial charge in [0.25, 0.3) is 5.91 Å². The first-order valence-corrected chi connectivity index (χ1v) is 13.9. The van der Waals surface area contributed by atoms with Gasteiger partial charge in [-0.05, 0) is 83.1 Å². The maximum absolute atomic E-state index is 12.5. The molecule has 2 N–H and O–H groups in total. The van der Waals surface area contributed by atoms with E-state index in [-0.39, 0.29) is 31.0 Å². The average Bonchev–Trinajstić information content (AvgIpc) is 3.38. The van der Waals surface area contributed by atoms with E-state index < -0.39 is 0 Å². The molecule has 3 aliphatic heterocycles. The standard InChI is InChI=1S/C30H29FN2O4S/c31-11-1-12-33-13-10-23(16-33)37-22-6-2-19(3-7-22)30-24-8-5-21(34)15-28(24)38-18-25(30)20-4-9-27-26(14-20)32-29(35)17-36-27/h2-9,14-15,23,34H,1,10-13,16-18H2,(H,32,35)/t23-/m0/s1. The number of carbonyl (C=O) groups excluding carboxylic acids is 1. The van der Waals surface area contributed by atoms with Crippen LogP contribution in [0.1, 0.15) is 29.5 Å². The van der Waals surface area contributed by atoms with Crippen molar-refractivity contribution >= 4 is 34.5 Å². The number of nitrogens with zero attached hydrogens (tertiary/aromatic N) is 1. The number of hydrogen-bond donors (Lipinski definition) is 2. The smallest absolute Gasteiger partial charge is 0.262 e. The van der Waals surface area contributed by atoms with Gasteiger partial charge in [0, 0.05) is 30.3 Å². The molecule has 0 spiro atoms. The highest BCUT2D eigenvalue weighted by atomic mass is 32.2. The highest BCUT2D eigenvalue weighted by molar-refractivity contribution is 7.99. The minimum absolute atomic E-state index is 0.0257. The van der Waals surface area contributed by atoms with Gasteiger partial charge in [0.15, 0.2) is 6.61 Å². The second-order valence-electron chi connectivity index (χ2n) is 9.77. The molecule has 1 fully saturated rings. The Bertz CT molecular complexity index is 1390. The predicted octanol–water partition coefficient (Wildman–Crippen LogP) is 5.60. The van der Waals surface area contributed by atoms with Gasteiger partial charge in [0.05, 0.1) is 12.4 Å². The molecule has 0 saturated carbocycles. The molecular formula is C30H29FN2O4S. The van der Waals surface area contributed by atoms with Crippen molar-refractivity contribution in [3.63, 3.8) is 0 Å². The van der Waals surface area contributed by atoms with Crippen molar-refractivity contribution in [3.8, 4) is 17.2 Å². The first-order valence-electron chi connectivity index (χ1n) is 12.9. The number of nitrogens with one attached hydrogen (secondary N) is 1. The van der Waals surface area contributed by atoms with E-state index in [0.717, 1.165) is 64.5 Å². The molecule has 3 aliphatic rings. The van der Waals surface area contributed by atoms with E-state index in [1.54, 1.807) is 17.8 Å². The van der Waals surface area contributed by atoms with Gasteiger partial charge in [-0.25, -0.2) is 0 Å². The van der Waals surface area contributed by atoms with E-state index in [0.29, 0.717) is 23.6 Å². The topological polar surface area (TPSA) is 71.0 Å². The van der Waals surface area contributed by atoms with Crippen LogP contribution in [0.5, 0.6) is 17.2 Å². The molecule has 3 aromatic rings. The van der Waals surface area contributed by atoms with Crippen LogP contribution in [0, 0.1) is 0 Å². The van der Waals surface area contributed by atoms with Gasteiger partial charge in [0.2, 0.25) is 0 Å². The lowest BCUT2D eigenvalue weighted by molar-refractivity contribution is -0.118. The second kappa shape index (κ2) is 10.7. The van der Waals surface area contributed by atoms with Crippen molar-refractivity contribution in [3.05, 3.63) is 77.4 Å². The summed E-state index contributed by atoms with van der Waals surface area (Å²) in [6.07, 6.45) is 1.62. The zero-order chi connectivity index (χ0) is 26.1. The Hall–Kier alpha value is -3.49. The van der Waals surface area contributed by atoms with Crippen molar-refractivity contribution in [1.29, 1.82) is 0 Å². The SMILES string of the molecule is O=C1COc2ccc(C3=C(c4ccc(O[C@H]5CCN(CCCF)C5)cc4)c4ccc(O)cc4SC3)cc2N1. The normalized spacial score (nSPS) is 19.0. The fourth-order valence-electron chi connectivity index (χ4n) is 5.32. The average molecular weight is 533 g/mol. The molecule has 0 unspecified atom stereocenters. The number of alkyl halides is 1. The van der Waals surface area contributed by atoms with Crippen LogP contribution in [0.25, 0.3) is 11.1 Å². The second-order valence-corrected chi connectivity index (χ2v) is 10.8. The van der Waals surface area contributed by atoms with E-state index in [1.807, 2.05) is 42.5 Å². The summed E-state index contributed by atoms with van der Waals surface area (Å²) >= 11 is 1.68. The van der Waals surface area contributed by atoms with Gasteiger partial charge in [-0.2, -0.15) is 0 Å². The van der Waals surface area contributed by atoms with Crippen LogP contribution in [-0.4, -0.2) is 60.7 Å². The first-order chi connectivity index (χ1) is 18.6. The molecule has 0 bridgehead atoms. The van der Waals surface area contributed by atoms with Crippen molar-refractivity contribution in [2.45, 2.75) is 23.8 Å². The lowest BCUT2D eigenvalue weighted by Gasteiger charge is -2.26. The van der Waals surface area contributed by atoms with Gasteiger partial charge in [0.1, 0.15) is 23.4 Å². The van der Waals surface area contributed by atoms with Crippen LogP contribution >= 0.6 is 11.8 Å². The number of halogens is 1. The summed E-state index contributed by atoms with van der Waals surface area (Å²) in [6.45, 7) is 2.28. The number of rotatable bonds is 7. The third-order valence-corrected chi connectivity index (χ3v) is 8.23. The number of thioether (sulfide) groups is 1. The number of anilines is 1. The molecule has 3 heterocycles. The summed E-state index contributed by atoms with van der Waals surface area (Å²) in [4.78, 5) is 15.2. The zero-order valence-electron chi connectivity index (χ0n) is 20.9. The number of benzene rings is 3. The third-order valence-electron chi connectivity index (χ3n) is 7.15. The van der Waals surface area contributed by atoms with E-state index in [2.05, 4.69) is 22.3 Å². The maximum Gasteiger partial charge on any atom is 0.262 e. The minimum atomic E-state index is -0.281. The highest BCUT2D eigenvalue weighted by Crippen LogP contribution is 2.46. The van der Waals surface area contributed by atoms with E-state index >= 15 is 0 Å². The Morgan fingerprint density at radius 3 is 2.79 bits per heavy atom. The summed E-state index contributed by atoms with van der Waals surface area (Å²) in [6, 6.07) is 19.6. The largest absolute Gasteiger partial charge is 0.508 e. The zero-order valence-corrected chi connectivity index (χ0v) is 21.7. The molecule has 3 aromatic carbocycles. The molecule has 8 heteroatoms. The molecule has 1 saturated heterocycles. The van der Waals surface area contributed by atoms with Gasteiger partial charge < -0.3 is 19.9 Å². The van der Waals surface area contributed by atoms with Crippen molar-refractivity contribution < 1.29 is 23.8 Å². The van der Waals surface area contributed by atoms with Crippen LogP contribution in [0.15, 0.2) is 65.6 Å². The Morgan fingerprint density at radius 2 is 1.95 bits per heavy atom. The Labute approximate surface area is 225 Å². The van der Waals surface area contributed by atoms with Crippen LogP contribution in [0.3, 0.4) is 0 Å². The molecule has 1 amide bonds. The Kier molecular flexibility index (Phi) is 7.00. The van der Waals surface area contributed by atoms with Gasteiger partial charge in [-0.15, -0.1) is 11.8 Å². The molecule has 1 atom stereocenters. The van der Waals surface area contributed by atoms with Crippen LogP contribution in [0.2, 0.25) is 0 Å². The maximum atomic E-state index is 12.5. The molecule has 38 heavy (non-hydrogen) atoms. The summed E-state index contributed by atoms with van der Waals surface area (Å²) < 4.78 is 24.3. The van der Waals surface area contributed by atoms with Gasteiger partial charge in [-0.1, -0.05) is 18.2 Å². The Morgan fingerprint density at radius 1 is 1.11 bits per heavy atom. The number of hydrogen-bond acceptors (Lipinski definition) is 6. The third kappa shape index (κ3) is 5.11. The van der Waals surface area contributed by atoms with E-state index in [1.165, 1.54) is 0 Å². The predicted molar refractivity (Wildman–Crippen MR) is 148 cm³/mol. The monoisotopic (exact) mass is 532 g/mol. The van der Waals surface area contributed by atoms with E-state index in [9.17, 15) is 14.3 Å². The number of phenols is 1. The van der Waals surface area contributed by atoms with E-state index in [4.69, 9.17) is 9.47 Å². The van der Waals surface area contributed by atoms with Gasteiger partial charge in [-0.3, -0.25) is 14.1 Å². The van der Waals surface area contributed by atoms with Crippen LogP contribution in [-0.2, 0) is 4.79 Å². The molecular weight excluding hydrogens is 503 g/mol. The van der Waals surface area contributed by atoms with Crippen LogP contribution in [0.4, 0.5) is 10.1 Å². The lowest BCUT2D eigenvalue weighted by Crippen LogP contribution is -2.26. The number of likely N-dealkylation sites (tertiary alicyclic amines) is 1. The number of carbonyl (C=O) groups is 1. The molecule has 0 aromatic heterocycles. The number of ether oxygens (including phenoxy) is 2. The fraction of sp³-hybridized carbons (Fsp3) is 0.300. The summed E-state index contributed by atoms with van der Waals surface area (Å²) in [5.41, 5.74) is 6.02. The molecule has 6 rings (SSSR count). The molecule has 0 aliphatic carbocycles. The number of amides is 1. The minimum Gasteiger partial charge on any atom is -0.508 e. The Balaban J connectivity index is 1.32. The highest BCUT2D eigenvalue weighted by Gasteiger charge is 2.26. The van der Waals surface area contributed by atoms with Crippen molar-refractivity contribution in [2.24, 2.45) is 0 Å². The van der Waals surface area contributed by atoms with Crippen molar-refractivity contribution in [2.75, 3.05) is 44.0 Å². The molecule has 0 radical (unpaired) electrons. The lowest BCUT2D eigenvalue weighted by atomic mass is 9.89. The summed E-state index contributed by atoms with van der Waals surface area (Å²) in [5, 5.41) is 13.0. The molecule has 6 nitrogen and oxygen atoms in total. The number of fused-ring (bicyclic) bond motifs is 2. The van der Waals surface area contributed by atoms with Crippen LogP contribution < -0.4 is 14.8 Å². The fourth-order valence-corrected chi connectivity index (χ4v) is 6.46. The first kappa shape index (κ1) is 24.8. The number of phenolic OH excluding ortho intramolecular Hbond substituents is 1.